The highest BCUT2D eigenvalue weighted by atomic mass is 16.6. The Labute approximate surface area is 122 Å². The summed E-state index contributed by atoms with van der Waals surface area (Å²) in [6, 6.07) is 15.5. The van der Waals surface area contributed by atoms with Gasteiger partial charge in [-0.25, -0.2) is 4.79 Å². The lowest BCUT2D eigenvalue weighted by atomic mass is 10.0. The standard InChI is InChI=1S/C17H15NO3/c1-20-17(19)14-10-6-9-13-15(11-18(21-2)16(13)14)12-7-4-3-5-8-12/h3-11H,1-2H3. The Morgan fingerprint density at radius 2 is 1.76 bits per heavy atom. The summed E-state index contributed by atoms with van der Waals surface area (Å²) < 4.78 is 6.45. The second kappa shape index (κ2) is 5.32. The Hall–Kier alpha value is -2.75. The Morgan fingerprint density at radius 1 is 1.00 bits per heavy atom. The van der Waals surface area contributed by atoms with Gasteiger partial charge < -0.3 is 9.57 Å². The van der Waals surface area contributed by atoms with Crippen LogP contribution >= 0.6 is 0 Å². The average molecular weight is 281 g/mol. The number of aromatic nitrogens is 1. The van der Waals surface area contributed by atoms with Gasteiger partial charge >= 0.3 is 5.97 Å². The molecule has 106 valence electrons. The summed E-state index contributed by atoms with van der Waals surface area (Å²) in [5.41, 5.74) is 3.28. The molecule has 0 radical (unpaired) electrons. The molecule has 0 spiro atoms. The summed E-state index contributed by atoms with van der Waals surface area (Å²) in [6.45, 7) is 0. The predicted molar refractivity (Wildman–Crippen MR) is 81.2 cm³/mol. The maximum Gasteiger partial charge on any atom is 0.340 e. The largest absolute Gasteiger partial charge is 0.465 e. The van der Waals surface area contributed by atoms with Crippen LogP contribution in [0, 0.1) is 0 Å². The summed E-state index contributed by atoms with van der Waals surface area (Å²) in [4.78, 5) is 17.3. The minimum Gasteiger partial charge on any atom is -0.465 e. The quantitative estimate of drug-likeness (QED) is 0.692. The fourth-order valence-corrected chi connectivity index (χ4v) is 2.52. The molecule has 3 rings (SSSR count). The number of rotatable bonds is 3. The first-order valence-corrected chi connectivity index (χ1v) is 6.58. The summed E-state index contributed by atoms with van der Waals surface area (Å²) in [5, 5.41) is 0.950. The molecule has 4 nitrogen and oxygen atoms in total. The van der Waals surface area contributed by atoms with E-state index >= 15 is 0 Å². The van der Waals surface area contributed by atoms with Crippen LogP contribution in [0.2, 0.25) is 0 Å². The number of fused-ring (bicyclic) bond motifs is 1. The molecule has 0 unspecified atom stereocenters. The van der Waals surface area contributed by atoms with E-state index in [9.17, 15) is 4.79 Å². The van der Waals surface area contributed by atoms with E-state index in [0.717, 1.165) is 16.5 Å². The monoisotopic (exact) mass is 281 g/mol. The number of nitrogens with zero attached hydrogens (tertiary/aromatic N) is 1. The number of benzene rings is 2. The minimum absolute atomic E-state index is 0.378. The molecule has 1 aromatic heterocycles. The van der Waals surface area contributed by atoms with E-state index in [-0.39, 0.29) is 5.97 Å². The lowest BCUT2D eigenvalue weighted by Gasteiger charge is -2.06. The third kappa shape index (κ3) is 2.14. The molecule has 3 aromatic rings. The van der Waals surface area contributed by atoms with Crippen LogP contribution in [0.25, 0.3) is 22.0 Å². The Bertz CT molecular complexity index is 790. The van der Waals surface area contributed by atoms with Crippen LogP contribution in [-0.4, -0.2) is 24.9 Å². The fraction of sp³-hybridized carbons (Fsp3) is 0.118. The van der Waals surface area contributed by atoms with E-state index in [2.05, 4.69) is 0 Å². The topological polar surface area (TPSA) is 40.5 Å². The van der Waals surface area contributed by atoms with Crippen molar-refractivity contribution in [3.05, 3.63) is 60.3 Å². The second-order valence-electron chi connectivity index (χ2n) is 4.61. The Kier molecular flexibility index (Phi) is 3.36. The van der Waals surface area contributed by atoms with E-state index in [1.165, 1.54) is 7.11 Å². The zero-order valence-corrected chi connectivity index (χ0v) is 11.9. The Morgan fingerprint density at radius 3 is 2.43 bits per heavy atom. The van der Waals surface area contributed by atoms with Crippen LogP contribution in [0.4, 0.5) is 0 Å². The number of para-hydroxylation sites is 1. The highest BCUT2D eigenvalue weighted by Gasteiger charge is 2.18. The van der Waals surface area contributed by atoms with Crippen LogP contribution in [-0.2, 0) is 4.74 Å². The van der Waals surface area contributed by atoms with Gasteiger partial charge in [0, 0.05) is 10.9 Å². The zero-order valence-electron chi connectivity index (χ0n) is 11.9. The van der Waals surface area contributed by atoms with Crippen molar-refractivity contribution in [3.63, 3.8) is 0 Å². The van der Waals surface area contributed by atoms with Crippen molar-refractivity contribution in [1.29, 1.82) is 0 Å². The molecule has 2 aromatic carbocycles. The van der Waals surface area contributed by atoms with Crippen molar-refractivity contribution in [2.75, 3.05) is 14.2 Å². The van der Waals surface area contributed by atoms with Gasteiger partial charge in [0.15, 0.2) is 0 Å². The first-order chi connectivity index (χ1) is 10.3. The molecule has 0 saturated carbocycles. The van der Waals surface area contributed by atoms with E-state index < -0.39 is 0 Å². The van der Waals surface area contributed by atoms with Crippen molar-refractivity contribution in [2.45, 2.75) is 0 Å². The number of ether oxygens (including phenoxy) is 1. The van der Waals surface area contributed by atoms with E-state index in [1.807, 2.05) is 48.7 Å². The van der Waals surface area contributed by atoms with Crippen LogP contribution in [0.5, 0.6) is 0 Å². The highest BCUT2D eigenvalue weighted by Crippen LogP contribution is 2.32. The average Bonchev–Trinajstić information content (AvgIpc) is 2.93. The van der Waals surface area contributed by atoms with Crippen LogP contribution in [0.3, 0.4) is 0 Å². The van der Waals surface area contributed by atoms with Gasteiger partial charge in [-0.1, -0.05) is 42.5 Å². The normalized spacial score (nSPS) is 10.6. The van der Waals surface area contributed by atoms with Gasteiger partial charge in [0.2, 0.25) is 0 Å². The number of esters is 1. The smallest absolute Gasteiger partial charge is 0.340 e. The lowest BCUT2D eigenvalue weighted by molar-refractivity contribution is 0.0600. The number of carbonyl (C=O) groups excluding carboxylic acids is 1. The first-order valence-electron chi connectivity index (χ1n) is 6.58. The SMILES string of the molecule is COC(=O)c1cccc2c(-c3ccccc3)cn(OC)c12. The summed E-state index contributed by atoms with van der Waals surface area (Å²) >= 11 is 0. The number of carbonyl (C=O) groups is 1. The Balaban J connectivity index is 2.32. The van der Waals surface area contributed by atoms with E-state index in [4.69, 9.17) is 9.57 Å². The maximum atomic E-state index is 12.0. The molecule has 21 heavy (non-hydrogen) atoms. The second-order valence-corrected chi connectivity index (χ2v) is 4.61. The van der Waals surface area contributed by atoms with E-state index in [1.54, 1.807) is 17.9 Å². The highest BCUT2D eigenvalue weighted by molar-refractivity contribution is 6.07. The number of hydrogen-bond acceptors (Lipinski definition) is 3. The van der Waals surface area contributed by atoms with Crippen LogP contribution in [0.15, 0.2) is 54.7 Å². The van der Waals surface area contributed by atoms with Crippen molar-refractivity contribution in [1.82, 2.24) is 4.73 Å². The first kappa shape index (κ1) is 13.2. The molecule has 0 saturated heterocycles. The van der Waals surface area contributed by atoms with Crippen molar-refractivity contribution >= 4 is 16.9 Å². The maximum absolute atomic E-state index is 12.0. The van der Waals surface area contributed by atoms with Crippen molar-refractivity contribution in [2.24, 2.45) is 0 Å². The molecule has 1 heterocycles. The van der Waals surface area contributed by atoms with Gasteiger partial charge in [-0.2, -0.15) is 4.73 Å². The minimum atomic E-state index is -0.378. The van der Waals surface area contributed by atoms with Crippen molar-refractivity contribution < 1.29 is 14.4 Å². The van der Waals surface area contributed by atoms with Gasteiger partial charge in [0.05, 0.1) is 18.9 Å². The van der Waals surface area contributed by atoms with Crippen molar-refractivity contribution in [3.8, 4) is 11.1 Å². The van der Waals surface area contributed by atoms with Gasteiger partial charge in [-0.3, -0.25) is 0 Å². The molecule has 0 amide bonds. The molecule has 0 aliphatic heterocycles. The van der Waals surface area contributed by atoms with E-state index in [0.29, 0.717) is 11.1 Å². The molecule has 0 N–H and O–H groups in total. The van der Waals surface area contributed by atoms with Crippen LogP contribution < -0.4 is 4.84 Å². The third-order valence-corrected chi connectivity index (χ3v) is 3.48. The molecule has 4 heteroatoms. The molecule has 0 atom stereocenters. The zero-order chi connectivity index (χ0) is 14.8. The van der Waals surface area contributed by atoms with Gasteiger partial charge in [-0.05, 0) is 11.6 Å². The lowest BCUT2D eigenvalue weighted by Crippen LogP contribution is -2.09. The van der Waals surface area contributed by atoms with Crippen LogP contribution in [0.1, 0.15) is 10.4 Å². The molecule has 0 aliphatic carbocycles. The van der Waals surface area contributed by atoms with Gasteiger partial charge in [0.25, 0.3) is 0 Å². The summed E-state index contributed by atoms with van der Waals surface area (Å²) in [6.07, 6.45) is 1.88. The van der Waals surface area contributed by atoms with Gasteiger partial charge in [0.1, 0.15) is 12.6 Å². The number of hydrogen-bond donors (Lipinski definition) is 0. The van der Waals surface area contributed by atoms with Gasteiger partial charge in [-0.15, -0.1) is 0 Å². The fourth-order valence-electron chi connectivity index (χ4n) is 2.52. The predicted octanol–water partition coefficient (Wildman–Crippen LogP) is 3.15. The summed E-state index contributed by atoms with van der Waals surface area (Å²) in [7, 11) is 2.95. The number of methoxy groups -OCH3 is 1. The molecular formula is C17H15NO3. The molecule has 0 bridgehead atoms. The molecular weight excluding hydrogens is 266 g/mol. The third-order valence-electron chi connectivity index (χ3n) is 3.48. The molecule has 0 aliphatic rings. The molecule has 0 fully saturated rings. The summed E-state index contributed by atoms with van der Waals surface area (Å²) in [5.74, 6) is -0.378.